The van der Waals surface area contributed by atoms with E-state index in [1.54, 1.807) is 6.92 Å². The second-order valence-corrected chi connectivity index (χ2v) is 6.19. The lowest BCUT2D eigenvalue weighted by molar-refractivity contribution is -0.141. The maximum Gasteiger partial charge on any atom is 0.306 e. The number of unbranched alkanes of at least 4 members (excludes halogenated alkanes) is 3. The molecular formula is C19H31NO2. The van der Waals surface area contributed by atoms with Crippen LogP contribution in [0, 0.1) is 5.92 Å². The molecule has 0 saturated carbocycles. The largest absolute Gasteiger partial charge is 0.481 e. The van der Waals surface area contributed by atoms with E-state index in [1.165, 1.54) is 30.4 Å². The second kappa shape index (κ2) is 11.2. The van der Waals surface area contributed by atoms with Gasteiger partial charge in [-0.25, -0.2) is 0 Å². The molecule has 0 aliphatic heterocycles. The quantitative estimate of drug-likeness (QED) is 0.563. The molecule has 0 fully saturated rings. The van der Waals surface area contributed by atoms with Gasteiger partial charge in [0.25, 0.3) is 0 Å². The monoisotopic (exact) mass is 305 g/mol. The Morgan fingerprint density at radius 1 is 1.09 bits per heavy atom. The van der Waals surface area contributed by atoms with Crippen molar-refractivity contribution in [3.8, 4) is 0 Å². The Kier molecular flexibility index (Phi) is 9.56. The van der Waals surface area contributed by atoms with Crippen LogP contribution < -0.4 is 5.32 Å². The number of rotatable bonds is 12. The third-order valence-electron chi connectivity index (χ3n) is 4.08. The van der Waals surface area contributed by atoms with Crippen molar-refractivity contribution in [1.29, 1.82) is 0 Å². The van der Waals surface area contributed by atoms with E-state index in [0.29, 0.717) is 0 Å². The van der Waals surface area contributed by atoms with Gasteiger partial charge in [0.2, 0.25) is 0 Å². The number of carboxylic acid groups (broad SMARTS) is 1. The normalized spacial score (nSPS) is 12.3. The van der Waals surface area contributed by atoms with Crippen molar-refractivity contribution >= 4 is 5.97 Å². The predicted molar refractivity (Wildman–Crippen MR) is 92.0 cm³/mol. The maximum atomic E-state index is 10.7. The summed E-state index contributed by atoms with van der Waals surface area (Å²) in [5, 5.41) is 12.3. The zero-order valence-corrected chi connectivity index (χ0v) is 14.1. The molecule has 1 unspecified atom stereocenters. The minimum Gasteiger partial charge on any atom is -0.481 e. The third-order valence-corrected chi connectivity index (χ3v) is 4.08. The van der Waals surface area contributed by atoms with Gasteiger partial charge < -0.3 is 10.4 Å². The van der Waals surface area contributed by atoms with Crippen LogP contribution >= 0.6 is 0 Å². The first-order valence-corrected chi connectivity index (χ1v) is 8.64. The fourth-order valence-corrected chi connectivity index (χ4v) is 2.44. The Hall–Kier alpha value is -1.35. The number of aliphatic carboxylic acids is 1. The molecule has 0 amide bonds. The van der Waals surface area contributed by atoms with Crippen molar-refractivity contribution in [3.63, 3.8) is 0 Å². The highest BCUT2D eigenvalue weighted by atomic mass is 16.4. The Morgan fingerprint density at radius 2 is 1.77 bits per heavy atom. The number of carbonyl (C=O) groups is 1. The standard InChI is InChI=1S/C19H31NO2/c1-3-4-9-17-10-12-18(13-11-17)15-20-14-7-5-6-8-16(2)19(21)22/h10-13,16,20H,3-9,14-15H2,1-2H3,(H,21,22). The smallest absolute Gasteiger partial charge is 0.306 e. The van der Waals surface area contributed by atoms with E-state index in [9.17, 15) is 4.79 Å². The number of nitrogens with one attached hydrogen (secondary N) is 1. The molecule has 0 bridgehead atoms. The average Bonchev–Trinajstić information content (AvgIpc) is 2.52. The van der Waals surface area contributed by atoms with Gasteiger partial charge in [0, 0.05) is 6.54 Å². The third kappa shape index (κ3) is 8.18. The molecule has 0 aliphatic carbocycles. The molecule has 2 N–H and O–H groups in total. The van der Waals surface area contributed by atoms with Crippen molar-refractivity contribution in [1.82, 2.24) is 5.32 Å². The lowest BCUT2D eigenvalue weighted by atomic mass is 10.0. The van der Waals surface area contributed by atoms with Crippen LogP contribution in [-0.4, -0.2) is 17.6 Å². The average molecular weight is 305 g/mol. The highest BCUT2D eigenvalue weighted by Gasteiger charge is 2.09. The molecular weight excluding hydrogens is 274 g/mol. The summed E-state index contributed by atoms with van der Waals surface area (Å²) in [6, 6.07) is 8.90. The van der Waals surface area contributed by atoms with Gasteiger partial charge in [0.1, 0.15) is 0 Å². The van der Waals surface area contributed by atoms with E-state index >= 15 is 0 Å². The highest BCUT2D eigenvalue weighted by molar-refractivity contribution is 5.69. The van der Waals surface area contributed by atoms with Crippen LogP contribution in [0.15, 0.2) is 24.3 Å². The van der Waals surface area contributed by atoms with E-state index in [-0.39, 0.29) is 5.92 Å². The summed E-state index contributed by atoms with van der Waals surface area (Å²) >= 11 is 0. The SMILES string of the molecule is CCCCc1ccc(CNCCCCCC(C)C(=O)O)cc1. The minimum atomic E-state index is -0.680. The van der Waals surface area contributed by atoms with E-state index in [2.05, 4.69) is 36.5 Å². The molecule has 1 aromatic rings. The summed E-state index contributed by atoms with van der Waals surface area (Å²) in [5.74, 6) is -0.889. The second-order valence-electron chi connectivity index (χ2n) is 6.19. The van der Waals surface area contributed by atoms with Gasteiger partial charge in [0.05, 0.1) is 5.92 Å². The van der Waals surface area contributed by atoms with Crippen LogP contribution in [0.3, 0.4) is 0 Å². The van der Waals surface area contributed by atoms with Crippen LogP contribution in [0.2, 0.25) is 0 Å². The molecule has 3 heteroatoms. The van der Waals surface area contributed by atoms with Crippen molar-refractivity contribution in [2.24, 2.45) is 5.92 Å². The topological polar surface area (TPSA) is 49.3 Å². The Morgan fingerprint density at radius 3 is 2.41 bits per heavy atom. The van der Waals surface area contributed by atoms with Gasteiger partial charge >= 0.3 is 5.97 Å². The van der Waals surface area contributed by atoms with E-state index in [0.717, 1.165) is 38.8 Å². The van der Waals surface area contributed by atoms with Crippen molar-refractivity contribution in [3.05, 3.63) is 35.4 Å². The van der Waals surface area contributed by atoms with Gasteiger partial charge in [-0.05, 0) is 43.4 Å². The minimum absolute atomic E-state index is 0.209. The van der Waals surface area contributed by atoms with E-state index < -0.39 is 5.97 Å². The molecule has 0 heterocycles. The summed E-state index contributed by atoms with van der Waals surface area (Å²) in [6.07, 6.45) is 7.68. The van der Waals surface area contributed by atoms with E-state index in [1.807, 2.05) is 0 Å². The summed E-state index contributed by atoms with van der Waals surface area (Å²) in [4.78, 5) is 10.7. The van der Waals surface area contributed by atoms with Crippen molar-refractivity contribution in [2.45, 2.75) is 65.3 Å². The number of benzene rings is 1. The molecule has 0 spiro atoms. The van der Waals surface area contributed by atoms with Crippen molar-refractivity contribution < 1.29 is 9.90 Å². The summed E-state index contributed by atoms with van der Waals surface area (Å²) in [7, 11) is 0. The molecule has 1 aromatic carbocycles. The molecule has 124 valence electrons. The Balaban J connectivity index is 2.06. The number of carboxylic acids is 1. The molecule has 22 heavy (non-hydrogen) atoms. The van der Waals surface area contributed by atoms with Gasteiger partial charge in [-0.3, -0.25) is 4.79 Å². The fourth-order valence-electron chi connectivity index (χ4n) is 2.44. The van der Waals surface area contributed by atoms with Gasteiger partial charge in [-0.15, -0.1) is 0 Å². The lowest BCUT2D eigenvalue weighted by Gasteiger charge is -2.07. The lowest BCUT2D eigenvalue weighted by Crippen LogP contribution is -2.15. The van der Waals surface area contributed by atoms with Gasteiger partial charge in [-0.2, -0.15) is 0 Å². The number of hydrogen-bond acceptors (Lipinski definition) is 2. The zero-order chi connectivity index (χ0) is 16.2. The van der Waals surface area contributed by atoms with Gasteiger partial charge in [-0.1, -0.05) is 57.4 Å². The fraction of sp³-hybridized carbons (Fsp3) is 0.632. The molecule has 0 saturated heterocycles. The Bertz CT molecular complexity index is 414. The van der Waals surface area contributed by atoms with E-state index in [4.69, 9.17) is 5.11 Å². The van der Waals surface area contributed by atoms with Gasteiger partial charge in [0.15, 0.2) is 0 Å². The summed E-state index contributed by atoms with van der Waals surface area (Å²) in [6.45, 7) is 5.92. The van der Waals surface area contributed by atoms with Crippen LogP contribution in [-0.2, 0) is 17.8 Å². The summed E-state index contributed by atoms with van der Waals surface area (Å²) < 4.78 is 0. The predicted octanol–water partition coefficient (Wildman–Crippen LogP) is 4.40. The van der Waals surface area contributed by atoms with Crippen LogP contribution in [0.5, 0.6) is 0 Å². The van der Waals surface area contributed by atoms with Crippen LogP contribution in [0.25, 0.3) is 0 Å². The zero-order valence-electron chi connectivity index (χ0n) is 14.1. The summed E-state index contributed by atoms with van der Waals surface area (Å²) in [5.41, 5.74) is 2.76. The number of aryl methyl sites for hydroxylation is 1. The van der Waals surface area contributed by atoms with Crippen LogP contribution in [0.1, 0.15) is 63.5 Å². The first-order valence-electron chi connectivity index (χ1n) is 8.64. The first kappa shape index (κ1) is 18.7. The molecule has 1 atom stereocenters. The molecule has 1 rings (SSSR count). The number of hydrogen-bond donors (Lipinski definition) is 2. The maximum absolute atomic E-state index is 10.7. The molecule has 0 aromatic heterocycles. The van der Waals surface area contributed by atoms with Crippen LogP contribution in [0.4, 0.5) is 0 Å². The molecule has 0 aliphatic rings. The Labute approximate surface area is 135 Å². The first-order chi connectivity index (χ1) is 10.6. The van der Waals surface area contributed by atoms with Crippen molar-refractivity contribution in [2.75, 3.05) is 6.54 Å². The molecule has 3 nitrogen and oxygen atoms in total. The molecule has 0 radical (unpaired) electrons. The highest BCUT2D eigenvalue weighted by Crippen LogP contribution is 2.10.